The number of phenolic OH excluding ortho intramolecular Hbond substituents is 1. The van der Waals surface area contributed by atoms with Crippen molar-refractivity contribution >= 4 is 17.6 Å². The fraction of sp³-hybridized carbons (Fsp3) is 0. The number of non-ortho nitro benzene ring substituents is 1. The number of rotatable bonds is 3. The third kappa shape index (κ3) is 2.96. The van der Waals surface area contributed by atoms with E-state index in [1.54, 1.807) is 0 Å². The fourth-order valence-electron chi connectivity index (χ4n) is 1.60. The highest BCUT2D eigenvalue weighted by Gasteiger charge is 2.25. The van der Waals surface area contributed by atoms with Crippen LogP contribution in [0.4, 0.5) is 33.3 Å². The van der Waals surface area contributed by atoms with Gasteiger partial charge in [-0.05, 0) is 6.07 Å². The second kappa shape index (κ2) is 5.99. The van der Waals surface area contributed by atoms with Gasteiger partial charge in [0.25, 0.3) is 5.69 Å². The molecule has 0 spiro atoms. The van der Waals surface area contributed by atoms with Crippen molar-refractivity contribution in [2.75, 3.05) is 0 Å². The van der Waals surface area contributed by atoms with Crippen molar-refractivity contribution in [2.45, 2.75) is 0 Å². The highest BCUT2D eigenvalue weighted by atomic mass is 19.2. The first-order valence-electron chi connectivity index (χ1n) is 5.77. The van der Waals surface area contributed by atoms with E-state index in [-0.39, 0.29) is 5.56 Å². The molecule has 0 aromatic heterocycles. The van der Waals surface area contributed by atoms with Gasteiger partial charge < -0.3 is 5.11 Å². The third-order valence-electron chi connectivity index (χ3n) is 2.74. The van der Waals surface area contributed by atoms with Crippen LogP contribution in [0.25, 0.3) is 0 Å². The smallest absolute Gasteiger partial charge is 0.270 e. The van der Waals surface area contributed by atoms with E-state index in [9.17, 15) is 37.2 Å². The number of hydrogen-bond acceptors (Lipinski definition) is 4. The topological polar surface area (TPSA) is 75.7 Å². The van der Waals surface area contributed by atoms with Crippen LogP contribution in [0.5, 0.6) is 5.75 Å². The van der Waals surface area contributed by atoms with Crippen LogP contribution < -0.4 is 0 Å². The first-order valence-corrected chi connectivity index (χ1v) is 5.77. The predicted octanol–water partition coefficient (Wildman–Crippen LogP) is 3.75. The van der Waals surface area contributed by atoms with Gasteiger partial charge >= 0.3 is 0 Å². The average Bonchev–Trinajstić information content (AvgIpc) is 2.52. The largest absolute Gasteiger partial charge is 0.507 e. The number of aliphatic imine (C=N–C) groups is 1. The van der Waals surface area contributed by atoms with E-state index in [0.29, 0.717) is 6.21 Å². The van der Waals surface area contributed by atoms with Crippen LogP contribution in [0.3, 0.4) is 0 Å². The highest BCUT2D eigenvalue weighted by molar-refractivity contribution is 5.86. The Morgan fingerprint density at radius 3 is 2.04 bits per heavy atom. The minimum absolute atomic E-state index is 0.344. The molecule has 0 fully saturated rings. The minimum Gasteiger partial charge on any atom is -0.507 e. The monoisotopic (exact) mass is 332 g/mol. The first-order chi connectivity index (χ1) is 10.7. The summed E-state index contributed by atoms with van der Waals surface area (Å²) in [5.41, 5.74) is -2.29. The number of aromatic hydroxyl groups is 1. The van der Waals surface area contributed by atoms with E-state index in [1.807, 2.05) is 0 Å². The van der Waals surface area contributed by atoms with Crippen LogP contribution in [0.2, 0.25) is 0 Å². The SMILES string of the molecule is O=[N+]([O-])c1ccc(O)c(/C=N/c2c(F)c(F)c(F)c(F)c2F)c1. The third-order valence-corrected chi connectivity index (χ3v) is 2.74. The van der Waals surface area contributed by atoms with Gasteiger partial charge in [-0.15, -0.1) is 0 Å². The molecule has 120 valence electrons. The molecule has 10 heteroatoms. The Hall–Kier alpha value is -3.04. The normalized spacial score (nSPS) is 11.2. The Kier molecular flexibility index (Phi) is 4.25. The van der Waals surface area contributed by atoms with E-state index >= 15 is 0 Å². The Morgan fingerprint density at radius 2 is 1.52 bits per heavy atom. The molecule has 0 aliphatic carbocycles. The maximum atomic E-state index is 13.4. The summed E-state index contributed by atoms with van der Waals surface area (Å²) < 4.78 is 65.7. The summed E-state index contributed by atoms with van der Waals surface area (Å²) >= 11 is 0. The van der Waals surface area contributed by atoms with E-state index in [0.717, 1.165) is 18.2 Å². The van der Waals surface area contributed by atoms with Gasteiger partial charge in [0.2, 0.25) is 5.82 Å². The summed E-state index contributed by atoms with van der Waals surface area (Å²) in [5.74, 6) is -11.6. The standard InChI is InChI=1S/C13H5F5N2O3/c14-8-9(15)11(17)13(12(18)10(8)16)19-4-5-3-6(20(22)23)1-2-7(5)21/h1-4,21H/b19-4+. The molecule has 2 aromatic rings. The molecule has 0 saturated heterocycles. The van der Waals surface area contributed by atoms with Gasteiger partial charge in [-0.25, -0.2) is 26.9 Å². The zero-order chi connectivity index (χ0) is 17.3. The van der Waals surface area contributed by atoms with Gasteiger partial charge in [-0.1, -0.05) is 0 Å². The Bertz CT molecular complexity index is 810. The molecule has 0 amide bonds. The number of phenols is 1. The van der Waals surface area contributed by atoms with Gasteiger partial charge in [0, 0.05) is 23.9 Å². The van der Waals surface area contributed by atoms with Crippen molar-refractivity contribution in [1.82, 2.24) is 0 Å². The molecule has 23 heavy (non-hydrogen) atoms. The Labute approximate surface area is 124 Å². The summed E-state index contributed by atoms with van der Waals surface area (Å²) in [6.07, 6.45) is 0.542. The molecular formula is C13H5F5N2O3. The quantitative estimate of drug-likeness (QED) is 0.232. The number of nitrogens with zero attached hydrogens (tertiary/aromatic N) is 2. The van der Waals surface area contributed by atoms with E-state index in [4.69, 9.17) is 0 Å². The summed E-state index contributed by atoms with van der Waals surface area (Å²) in [6, 6.07) is 2.67. The number of halogens is 5. The number of hydrogen-bond donors (Lipinski definition) is 1. The Morgan fingerprint density at radius 1 is 1.00 bits per heavy atom. The number of nitro groups is 1. The van der Waals surface area contributed by atoms with Crippen molar-refractivity contribution in [1.29, 1.82) is 0 Å². The van der Waals surface area contributed by atoms with Gasteiger partial charge in [0.1, 0.15) is 11.4 Å². The van der Waals surface area contributed by atoms with Crippen LogP contribution in [-0.4, -0.2) is 16.2 Å². The minimum atomic E-state index is -2.34. The predicted molar refractivity (Wildman–Crippen MR) is 68.2 cm³/mol. The van der Waals surface area contributed by atoms with Crippen molar-refractivity contribution in [2.24, 2.45) is 4.99 Å². The molecule has 0 radical (unpaired) electrons. The summed E-state index contributed by atoms with van der Waals surface area (Å²) in [5, 5.41) is 20.1. The zero-order valence-corrected chi connectivity index (χ0v) is 10.9. The van der Waals surface area contributed by atoms with Crippen molar-refractivity contribution in [3.05, 3.63) is 63.0 Å². The van der Waals surface area contributed by atoms with Gasteiger partial charge in [-0.3, -0.25) is 10.1 Å². The molecule has 5 nitrogen and oxygen atoms in total. The molecule has 0 unspecified atom stereocenters. The lowest BCUT2D eigenvalue weighted by Crippen LogP contribution is -2.01. The van der Waals surface area contributed by atoms with Crippen LogP contribution in [0, 0.1) is 39.2 Å². The number of nitro benzene ring substituents is 1. The molecule has 2 rings (SSSR count). The average molecular weight is 332 g/mol. The lowest BCUT2D eigenvalue weighted by molar-refractivity contribution is -0.384. The molecule has 0 saturated carbocycles. The van der Waals surface area contributed by atoms with E-state index in [2.05, 4.69) is 4.99 Å². The van der Waals surface area contributed by atoms with E-state index in [1.165, 1.54) is 0 Å². The van der Waals surface area contributed by atoms with Crippen LogP contribution in [0.15, 0.2) is 23.2 Å². The molecule has 0 bridgehead atoms. The fourth-order valence-corrected chi connectivity index (χ4v) is 1.60. The molecule has 0 heterocycles. The van der Waals surface area contributed by atoms with Gasteiger partial charge in [0.05, 0.1) is 4.92 Å². The van der Waals surface area contributed by atoms with Crippen molar-refractivity contribution < 1.29 is 32.0 Å². The van der Waals surface area contributed by atoms with Gasteiger partial charge in [-0.2, -0.15) is 0 Å². The molecule has 0 aliphatic rings. The van der Waals surface area contributed by atoms with Crippen molar-refractivity contribution in [3.63, 3.8) is 0 Å². The maximum Gasteiger partial charge on any atom is 0.270 e. The van der Waals surface area contributed by atoms with Crippen LogP contribution in [0.1, 0.15) is 5.56 Å². The molecule has 1 N–H and O–H groups in total. The van der Waals surface area contributed by atoms with Crippen molar-refractivity contribution in [3.8, 4) is 5.75 Å². The maximum absolute atomic E-state index is 13.4. The summed E-state index contributed by atoms with van der Waals surface area (Å²) in [7, 11) is 0. The summed E-state index contributed by atoms with van der Waals surface area (Å²) in [6.45, 7) is 0. The molecular weight excluding hydrogens is 327 g/mol. The lowest BCUT2D eigenvalue weighted by Gasteiger charge is -2.04. The molecule has 0 aliphatic heterocycles. The van der Waals surface area contributed by atoms with Gasteiger partial charge in [0.15, 0.2) is 23.3 Å². The highest BCUT2D eigenvalue weighted by Crippen LogP contribution is 2.30. The van der Waals surface area contributed by atoms with Crippen LogP contribution >= 0.6 is 0 Å². The second-order valence-corrected chi connectivity index (χ2v) is 4.18. The number of benzene rings is 2. The summed E-state index contributed by atoms with van der Waals surface area (Å²) in [4.78, 5) is 12.9. The second-order valence-electron chi connectivity index (χ2n) is 4.18. The first kappa shape index (κ1) is 16.3. The lowest BCUT2D eigenvalue weighted by atomic mass is 10.2. The zero-order valence-electron chi connectivity index (χ0n) is 10.9. The molecule has 0 atom stereocenters. The van der Waals surface area contributed by atoms with E-state index < -0.39 is 51.1 Å². The molecule has 2 aromatic carbocycles. The van der Waals surface area contributed by atoms with Crippen LogP contribution in [-0.2, 0) is 0 Å². The Balaban J connectivity index is 2.54.